The van der Waals surface area contributed by atoms with Gasteiger partial charge in [0, 0.05) is 37.9 Å². The molecule has 0 aromatic heterocycles. The highest BCUT2D eigenvalue weighted by Crippen LogP contribution is 2.12. The van der Waals surface area contributed by atoms with Gasteiger partial charge >= 0.3 is 0 Å². The van der Waals surface area contributed by atoms with Crippen molar-refractivity contribution in [1.29, 1.82) is 0 Å². The molecule has 0 bridgehead atoms. The minimum atomic E-state index is -0.241. The number of hydrogen-bond donors (Lipinski definition) is 0. The molecule has 4 unspecified atom stereocenters. The lowest BCUT2D eigenvalue weighted by molar-refractivity contribution is -0.119. The van der Waals surface area contributed by atoms with Crippen molar-refractivity contribution in [2.24, 2.45) is 11.8 Å². The third-order valence-electron chi connectivity index (χ3n) is 3.34. The van der Waals surface area contributed by atoms with Crippen molar-refractivity contribution < 1.29 is 28.7 Å². The molecule has 0 heterocycles. The van der Waals surface area contributed by atoms with E-state index in [4.69, 9.17) is 9.47 Å². The van der Waals surface area contributed by atoms with Gasteiger partial charge in [-0.1, -0.05) is 13.8 Å². The first-order valence-corrected chi connectivity index (χ1v) is 8.06. The number of rotatable bonds is 13. The molecule has 23 heavy (non-hydrogen) atoms. The molecule has 6 heteroatoms. The van der Waals surface area contributed by atoms with E-state index in [0.29, 0.717) is 26.1 Å². The van der Waals surface area contributed by atoms with Gasteiger partial charge in [-0.3, -0.25) is 0 Å². The summed E-state index contributed by atoms with van der Waals surface area (Å²) in [5.74, 6) is -0.338. The normalized spacial score (nSPS) is 15.3. The Morgan fingerprint density at radius 2 is 1.26 bits per heavy atom. The molecule has 0 aliphatic carbocycles. The van der Waals surface area contributed by atoms with Crippen LogP contribution in [-0.2, 0) is 28.7 Å². The molecule has 0 saturated carbocycles. The average Bonchev–Trinajstić information content (AvgIpc) is 2.56. The van der Waals surface area contributed by atoms with Crippen LogP contribution in [0.1, 0.15) is 47.0 Å². The summed E-state index contributed by atoms with van der Waals surface area (Å²) in [6.45, 7) is 8.44. The van der Waals surface area contributed by atoms with Gasteiger partial charge in [-0.2, -0.15) is 0 Å². The molecule has 0 amide bonds. The van der Waals surface area contributed by atoms with E-state index in [2.05, 4.69) is 0 Å². The molecular weight excluding hydrogens is 300 g/mol. The summed E-state index contributed by atoms with van der Waals surface area (Å²) in [7, 11) is 0. The van der Waals surface area contributed by atoms with Crippen LogP contribution in [0.25, 0.3) is 0 Å². The van der Waals surface area contributed by atoms with Crippen LogP contribution in [0.4, 0.5) is 0 Å². The lowest BCUT2D eigenvalue weighted by Gasteiger charge is -2.19. The molecule has 134 valence electrons. The number of aldehydes is 4. The van der Waals surface area contributed by atoms with Crippen LogP contribution in [0.15, 0.2) is 0 Å². The number of ether oxygens (including phenoxy) is 2. The summed E-state index contributed by atoms with van der Waals surface area (Å²) in [6, 6.07) is 0. The van der Waals surface area contributed by atoms with Crippen molar-refractivity contribution in [3.63, 3.8) is 0 Å². The van der Waals surface area contributed by atoms with Gasteiger partial charge in [-0.15, -0.1) is 0 Å². The first-order valence-electron chi connectivity index (χ1n) is 8.06. The van der Waals surface area contributed by atoms with Gasteiger partial charge in [0.1, 0.15) is 25.1 Å². The molecule has 0 spiro atoms. The second-order valence-electron chi connectivity index (χ2n) is 5.00. The summed E-state index contributed by atoms with van der Waals surface area (Å²) in [4.78, 5) is 41.2. The first kappa shape index (κ1) is 23.9. The van der Waals surface area contributed by atoms with E-state index in [1.807, 2.05) is 20.8 Å². The van der Waals surface area contributed by atoms with Gasteiger partial charge in [0.25, 0.3) is 0 Å². The lowest BCUT2D eigenvalue weighted by atomic mass is 9.99. The van der Waals surface area contributed by atoms with Crippen molar-refractivity contribution in [3.05, 3.63) is 0 Å². The zero-order chi connectivity index (χ0) is 18.1. The lowest BCUT2D eigenvalue weighted by Crippen LogP contribution is -2.25. The summed E-state index contributed by atoms with van der Waals surface area (Å²) in [6.07, 6.45) is 4.12. The maximum atomic E-state index is 10.5. The molecule has 0 fully saturated rings. The van der Waals surface area contributed by atoms with Gasteiger partial charge in [0.2, 0.25) is 0 Å². The van der Waals surface area contributed by atoms with Crippen LogP contribution in [0, 0.1) is 11.8 Å². The van der Waals surface area contributed by atoms with Crippen molar-refractivity contribution in [3.8, 4) is 0 Å². The van der Waals surface area contributed by atoms with Crippen molar-refractivity contribution in [2.75, 3.05) is 13.2 Å². The summed E-state index contributed by atoms with van der Waals surface area (Å²) in [5, 5.41) is 0. The second-order valence-corrected chi connectivity index (χ2v) is 5.00. The monoisotopic (exact) mass is 330 g/mol. The van der Waals surface area contributed by atoms with Crippen LogP contribution in [0.2, 0.25) is 0 Å². The molecule has 0 aromatic rings. The third kappa shape index (κ3) is 11.8. The average molecular weight is 330 g/mol. The van der Waals surface area contributed by atoms with Crippen LogP contribution in [0.5, 0.6) is 0 Å². The molecule has 0 radical (unpaired) electrons. The first-order chi connectivity index (χ1) is 11.1. The Morgan fingerprint density at radius 1 is 0.783 bits per heavy atom. The van der Waals surface area contributed by atoms with Crippen LogP contribution in [-0.4, -0.2) is 50.6 Å². The van der Waals surface area contributed by atoms with Gasteiger partial charge in [-0.25, -0.2) is 0 Å². The minimum absolute atomic E-state index is 0.143. The third-order valence-corrected chi connectivity index (χ3v) is 3.34. The van der Waals surface area contributed by atoms with Crippen molar-refractivity contribution in [1.82, 2.24) is 0 Å². The minimum Gasteiger partial charge on any atom is -0.377 e. The molecule has 6 nitrogen and oxygen atoms in total. The Bertz CT molecular complexity index is 318. The van der Waals surface area contributed by atoms with Crippen molar-refractivity contribution in [2.45, 2.75) is 59.2 Å². The zero-order valence-corrected chi connectivity index (χ0v) is 14.6. The second kappa shape index (κ2) is 17.0. The highest BCUT2D eigenvalue weighted by atomic mass is 16.5. The smallest absolute Gasteiger partial charge is 0.125 e. The fourth-order valence-electron chi connectivity index (χ4n) is 1.95. The maximum Gasteiger partial charge on any atom is 0.125 e. The molecule has 4 atom stereocenters. The Kier molecular flexibility index (Phi) is 17.6. The molecular formula is C17H30O6. The zero-order valence-electron chi connectivity index (χ0n) is 14.6. The highest BCUT2D eigenvalue weighted by molar-refractivity contribution is 5.58. The van der Waals surface area contributed by atoms with Crippen molar-refractivity contribution >= 4 is 25.1 Å². The van der Waals surface area contributed by atoms with Gasteiger partial charge in [0.15, 0.2) is 0 Å². The van der Waals surface area contributed by atoms with Crippen LogP contribution >= 0.6 is 0 Å². The Labute approximate surface area is 138 Å². The maximum absolute atomic E-state index is 10.5. The standard InChI is InChI=1S/C9H16O3.C8H14O3/c1-3-8(7-11)9(5-6-10)12-4-2;1-3-11-8(4-5-9)7(2)6-10/h6-9H,3-5H2,1-2H3;5-8H,3-4H2,1-2H3. The summed E-state index contributed by atoms with van der Waals surface area (Å²) < 4.78 is 10.4. The summed E-state index contributed by atoms with van der Waals surface area (Å²) in [5.41, 5.74) is 0. The molecule has 0 N–H and O–H groups in total. The predicted molar refractivity (Wildman–Crippen MR) is 87.3 cm³/mol. The SMILES string of the molecule is CCOC(CC=O)C(C)C=O.CCOC(CC=O)C(C=O)CC. The quantitative estimate of drug-likeness (QED) is 0.480. The highest BCUT2D eigenvalue weighted by Gasteiger charge is 2.18. The fourth-order valence-corrected chi connectivity index (χ4v) is 1.95. The van der Waals surface area contributed by atoms with Gasteiger partial charge < -0.3 is 28.7 Å². The Morgan fingerprint density at radius 3 is 1.61 bits per heavy atom. The van der Waals surface area contributed by atoms with Crippen LogP contribution < -0.4 is 0 Å². The Balaban J connectivity index is 0. The number of carbonyl (C=O) groups is 4. The van der Waals surface area contributed by atoms with E-state index in [0.717, 1.165) is 31.6 Å². The van der Waals surface area contributed by atoms with Crippen LogP contribution in [0.3, 0.4) is 0 Å². The van der Waals surface area contributed by atoms with E-state index in [-0.39, 0.29) is 24.0 Å². The Hall–Kier alpha value is -1.40. The molecule has 0 aliphatic rings. The predicted octanol–water partition coefficient (Wildman–Crippen LogP) is 2.02. The number of hydrogen-bond acceptors (Lipinski definition) is 6. The van der Waals surface area contributed by atoms with E-state index >= 15 is 0 Å². The summed E-state index contributed by atoms with van der Waals surface area (Å²) >= 11 is 0. The van der Waals surface area contributed by atoms with E-state index in [1.165, 1.54) is 0 Å². The van der Waals surface area contributed by atoms with E-state index in [1.54, 1.807) is 6.92 Å². The van der Waals surface area contributed by atoms with Gasteiger partial charge in [-0.05, 0) is 20.3 Å². The van der Waals surface area contributed by atoms with E-state index in [9.17, 15) is 19.2 Å². The molecule has 0 aliphatic heterocycles. The molecule has 0 aromatic carbocycles. The molecule has 0 rings (SSSR count). The topological polar surface area (TPSA) is 86.7 Å². The van der Waals surface area contributed by atoms with Gasteiger partial charge in [0.05, 0.1) is 12.2 Å². The fraction of sp³-hybridized carbons (Fsp3) is 0.765. The molecule has 0 saturated heterocycles. The van der Waals surface area contributed by atoms with E-state index < -0.39 is 0 Å². The number of carbonyl (C=O) groups excluding carboxylic acids is 4. The largest absolute Gasteiger partial charge is 0.377 e.